The maximum Gasteiger partial charge on any atom is 0.194 e. The average Bonchev–Trinajstić information content (AvgIpc) is 2.49. The van der Waals surface area contributed by atoms with Crippen LogP contribution < -0.4 is 10.1 Å². The number of rotatable bonds is 6. The molecule has 0 amide bonds. The van der Waals surface area contributed by atoms with E-state index in [1.165, 1.54) is 0 Å². The Kier molecular flexibility index (Phi) is 5.09. The van der Waals surface area contributed by atoms with Gasteiger partial charge in [0.05, 0.1) is 6.61 Å². The normalized spacial score (nSPS) is 10.5. The number of nitrogens with one attached hydrogen (secondary N) is 1. The lowest BCUT2D eigenvalue weighted by atomic mass is 10.2. The topological polar surface area (TPSA) is 21.3 Å². The molecule has 1 N–H and O–H groups in total. The van der Waals surface area contributed by atoms with Gasteiger partial charge in [0.25, 0.3) is 0 Å². The van der Waals surface area contributed by atoms with Crippen LogP contribution in [-0.4, -0.2) is 6.61 Å². The zero-order valence-corrected chi connectivity index (χ0v) is 11.6. The predicted molar refractivity (Wildman–Crippen MR) is 75.9 cm³/mol. The number of benzene rings is 2. The van der Waals surface area contributed by atoms with Crippen LogP contribution in [0.4, 0.5) is 18.9 Å². The van der Waals surface area contributed by atoms with Crippen molar-refractivity contribution in [3.05, 3.63) is 59.4 Å². The number of ether oxygens (including phenoxy) is 1. The van der Waals surface area contributed by atoms with E-state index in [-0.39, 0.29) is 6.54 Å². The third-order valence-electron chi connectivity index (χ3n) is 2.87. The van der Waals surface area contributed by atoms with Crippen molar-refractivity contribution in [2.45, 2.75) is 19.9 Å². The Balaban J connectivity index is 1.96. The molecule has 0 bridgehead atoms. The second-order valence-corrected chi connectivity index (χ2v) is 4.60. The summed E-state index contributed by atoms with van der Waals surface area (Å²) in [6.45, 7) is 2.88. The van der Waals surface area contributed by atoms with Crippen molar-refractivity contribution in [3.8, 4) is 5.75 Å². The van der Waals surface area contributed by atoms with Crippen molar-refractivity contribution in [2.75, 3.05) is 11.9 Å². The van der Waals surface area contributed by atoms with Gasteiger partial charge in [-0.3, -0.25) is 0 Å². The van der Waals surface area contributed by atoms with Crippen LogP contribution in [0.1, 0.15) is 18.9 Å². The molecule has 21 heavy (non-hydrogen) atoms. The van der Waals surface area contributed by atoms with Crippen molar-refractivity contribution in [3.63, 3.8) is 0 Å². The van der Waals surface area contributed by atoms with Crippen molar-refractivity contribution < 1.29 is 17.9 Å². The van der Waals surface area contributed by atoms with Gasteiger partial charge in [0.2, 0.25) is 0 Å². The summed E-state index contributed by atoms with van der Waals surface area (Å²) in [6, 6.07) is 9.18. The SMILES string of the molecule is CCCOc1ccc(NCc2cc(F)c(F)c(F)c2)cc1. The highest BCUT2D eigenvalue weighted by Crippen LogP contribution is 2.18. The summed E-state index contributed by atoms with van der Waals surface area (Å²) in [5.41, 5.74) is 1.11. The van der Waals surface area contributed by atoms with Gasteiger partial charge < -0.3 is 10.1 Å². The molecule has 0 spiro atoms. The van der Waals surface area contributed by atoms with Gasteiger partial charge >= 0.3 is 0 Å². The molecule has 0 aliphatic rings. The molecule has 0 unspecified atom stereocenters. The highest BCUT2D eigenvalue weighted by Gasteiger charge is 2.10. The molecule has 2 nitrogen and oxygen atoms in total. The molecule has 5 heteroatoms. The molecular weight excluding hydrogens is 279 g/mol. The minimum atomic E-state index is -1.45. The molecule has 2 aromatic rings. The quantitative estimate of drug-likeness (QED) is 0.792. The van der Waals surface area contributed by atoms with Crippen molar-refractivity contribution in [2.24, 2.45) is 0 Å². The molecule has 2 aromatic carbocycles. The summed E-state index contributed by atoms with van der Waals surface area (Å²) in [6.07, 6.45) is 0.932. The first-order valence-electron chi connectivity index (χ1n) is 6.70. The molecule has 0 atom stereocenters. The van der Waals surface area contributed by atoms with E-state index in [9.17, 15) is 13.2 Å². The van der Waals surface area contributed by atoms with Crippen LogP contribution >= 0.6 is 0 Å². The average molecular weight is 295 g/mol. The monoisotopic (exact) mass is 295 g/mol. The fourth-order valence-electron chi connectivity index (χ4n) is 1.80. The molecule has 0 saturated carbocycles. The Bertz CT molecular complexity index is 576. The smallest absolute Gasteiger partial charge is 0.194 e. The molecule has 0 saturated heterocycles. The van der Waals surface area contributed by atoms with Crippen LogP contribution in [0.5, 0.6) is 5.75 Å². The Morgan fingerprint density at radius 1 is 1.00 bits per heavy atom. The minimum Gasteiger partial charge on any atom is -0.494 e. The first-order valence-corrected chi connectivity index (χ1v) is 6.70. The first-order chi connectivity index (χ1) is 10.1. The van der Waals surface area contributed by atoms with Crippen molar-refractivity contribution in [1.82, 2.24) is 0 Å². The standard InChI is InChI=1S/C16H16F3NO/c1-2-7-21-13-5-3-12(4-6-13)20-10-11-8-14(17)16(19)15(18)9-11/h3-6,8-9,20H,2,7,10H2,1H3. The van der Waals surface area contributed by atoms with Gasteiger partial charge in [-0.15, -0.1) is 0 Å². The summed E-state index contributed by atoms with van der Waals surface area (Å²) in [4.78, 5) is 0. The largest absolute Gasteiger partial charge is 0.494 e. The van der Waals surface area contributed by atoms with Crippen LogP contribution in [0.3, 0.4) is 0 Å². The van der Waals surface area contributed by atoms with Crippen molar-refractivity contribution in [1.29, 1.82) is 0 Å². The summed E-state index contributed by atoms with van der Waals surface area (Å²) in [7, 11) is 0. The fraction of sp³-hybridized carbons (Fsp3) is 0.250. The number of anilines is 1. The summed E-state index contributed by atoms with van der Waals surface area (Å²) in [5, 5.41) is 3.01. The van der Waals surface area contributed by atoms with E-state index in [1.807, 2.05) is 19.1 Å². The van der Waals surface area contributed by atoms with Crippen molar-refractivity contribution >= 4 is 5.69 Å². The lowest BCUT2D eigenvalue weighted by molar-refractivity contribution is 0.317. The van der Waals surface area contributed by atoms with E-state index in [2.05, 4.69) is 5.32 Å². The van der Waals surface area contributed by atoms with Gasteiger partial charge in [0, 0.05) is 12.2 Å². The maximum absolute atomic E-state index is 13.1. The Hall–Kier alpha value is -2.17. The molecule has 0 radical (unpaired) electrons. The minimum absolute atomic E-state index is 0.198. The van der Waals surface area contributed by atoms with Crippen LogP contribution in [0.15, 0.2) is 36.4 Å². The highest BCUT2D eigenvalue weighted by atomic mass is 19.2. The van der Waals surface area contributed by atoms with Gasteiger partial charge in [-0.05, 0) is 48.4 Å². The Morgan fingerprint density at radius 2 is 1.62 bits per heavy atom. The molecule has 0 aromatic heterocycles. The molecule has 2 rings (SSSR count). The molecule has 0 fully saturated rings. The predicted octanol–water partition coefficient (Wildman–Crippen LogP) is 4.50. The van der Waals surface area contributed by atoms with E-state index in [4.69, 9.17) is 4.74 Å². The molecule has 112 valence electrons. The Labute approximate surface area is 121 Å². The van der Waals surface area contributed by atoms with Gasteiger partial charge in [-0.2, -0.15) is 0 Å². The van der Waals surface area contributed by atoms with Crippen LogP contribution in [-0.2, 0) is 6.54 Å². The summed E-state index contributed by atoms with van der Waals surface area (Å²) >= 11 is 0. The second kappa shape index (κ2) is 7.02. The van der Waals surface area contributed by atoms with E-state index < -0.39 is 17.5 Å². The third-order valence-corrected chi connectivity index (χ3v) is 2.87. The van der Waals surface area contributed by atoms with E-state index in [1.54, 1.807) is 12.1 Å². The number of halogens is 3. The van der Waals surface area contributed by atoms with Gasteiger partial charge in [0.15, 0.2) is 17.5 Å². The Morgan fingerprint density at radius 3 is 2.19 bits per heavy atom. The summed E-state index contributed by atoms with van der Waals surface area (Å²) in [5.74, 6) is -3.05. The number of hydrogen-bond donors (Lipinski definition) is 1. The van der Waals surface area contributed by atoms with Crippen LogP contribution in [0, 0.1) is 17.5 Å². The third kappa shape index (κ3) is 4.15. The zero-order chi connectivity index (χ0) is 15.2. The van der Waals surface area contributed by atoms with Crippen LogP contribution in [0.25, 0.3) is 0 Å². The number of hydrogen-bond acceptors (Lipinski definition) is 2. The molecule has 0 heterocycles. The first kappa shape index (κ1) is 15.2. The molecule has 0 aliphatic heterocycles. The van der Waals surface area contributed by atoms with E-state index >= 15 is 0 Å². The lowest BCUT2D eigenvalue weighted by Gasteiger charge is -2.09. The maximum atomic E-state index is 13.1. The van der Waals surface area contributed by atoms with E-state index in [0.717, 1.165) is 30.0 Å². The van der Waals surface area contributed by atoms with Gasteiger partial charge in [0.1, 0.15) is 5.75 Å². The zero-order valence-electron chi connectivity index (χ0n) is 11.6. The van der Waals surface area contributed by atoms with Gasteiger partial charge in [-0.1, -0.05) is 6.92 Å². The van der Waals surface area contributed by atoms with E-state index in [0.29, 0.717) is 12.2 Å². The fourth-order valence-corrected chi connectivity index (χ4v) is 1.80. The second-order valence-electron chi connectivity index (χ2n) is 4.60. The summed E-state index contributed by atoms with van der Waals surface area (Å²) < 4.78 is 44.4. The molecular formula is C16H16F3NO. The highest BCUT2D eigenvalue weighted by molar-refractivity contribution is 5.46. The van der Waals surface area contributed by atoms with Gasteiger partial charge in [-0.25, -0.2) is 13.2 Å². The van der Waals surface area contributed by atoms with Crippen LogP contribution in [0.2, 0.25) is 0 Å². The lowest BCUT2D eigenvalue weighted by Crippen LogP contribution is -2.02. The molecule has 0 aliphatic carbocycles.